The number of hydrogen-bond acceptors (Lipinski definition) is 4. The van der Waals surface area contributed by atoms with Crippen LogP contribution in [0.2, 0.25) is 0 Å². The molecule has 6 heteroatoms. The summed E-state index contributed by atoms with van der Waals surface area (Å²) in [5.41, 5.74) is 10.7. The highest BCUT2D eigenvalue weighted by Crippen LogP contribution is 2.23. The van der Waals surface area contributed by atoms with Crippen molar-refractivity contribution in [2.24, 2.45) is 11.5 Å². The van der Waals surface area contributed by atoms with Crippen molar-refractivity contribution < 1.29 is 9.31 Å². The molecule has 0 saturated heterocycles. The van der Waals surface area contributed by atoms with Crippen molar-refractivity contribution in [2.45, 2.75) is 6.04 Å². The van der Waals surface area contributed by atoms with Gasteiger partial charge in [-0.05, 0) is 12.1 Å². The van der Waals surface area contributed by atoms with E-state index in [9.17, 15) is 14.5 Å². The molecule has 0 aliphatic heterocycles. The minimum atomic E-state index is -0.673. The minimum absolute atomic E-state index is 0.0759. The average molecular weight is 199 g/mol. The van der Waals surface area contributed by atoms with E-state index in [1.807, 2.05) is 0 Å². The first-order chi connectivity index (χ1) is 6.56. The van der Waals surface area contributed by atoms with Crippen molar-refractivity contribution in [2.75, 3.05) is 6.54 Å². The molecule has 0 aliphatic rings. The van der Waals surface area contributed by atoms with E-state index >= 15 is 0 Å². The van der Waals surface area contributed by atoms with E-state index in [1.165, 1.54) is 6.07 Å². The molecule has 76 valence electrons. The van der Waals surface area contributed by atoms with Crippen molar-refractivity contribution in [3.8, 4) is 0 Å². The zero-order valence-corrected chi connectivity index (χ0v) is 7.31. The van der Waals surface area contributed by atoms with Crippen LogP contribution in [0.5, 0.6) is 0 Å². The van der Waals surface area contributed by atoms with Crippen LogP contribution in [-0.2, 0) is 0 Å². The first kappa shape index (κ1) is 10.6. The third kappa shape index (κ3) is 2.04. The lowest BCUT2D eigenvalue weighted by Gasteiger charge is -2.08. The van der Waals surface area contributed by atoms with Gasteiger partial charge in [0, 0.05) is 18.2 Å². The fraction of sp³-hybridized carbons (Fsp3) is 0.250. The molecule has 0 aliphatic carbocycles. The van der Waals surface area contributed by atoms with Gasteiger partial charge in [-0.15, -0.1) is 0 Å². The third-order valence-electron chi connectivity index (χ3n) is 1.84. The zero-order chi connectivity index (χ0) is 10.7. The minimum Gasteiger partial charge on any atom is -0.329 e. The summed E-state index contributed by atoms with van der Waals surface area (Å²) in [4.78, 5) is 9.86. The van der Waals surface area contributed by atoms with Crippen LogP contribution in [0, 0.1) is 15.9 Å². The molecule has 14 heavy (non-hydrogen) atoms. The first-order valence-electron chi connectivity index (χ1n) is 3.95. The second-order valence-electron chi connectivity index (χ2n) is 2.80. The fourth-order valence-electron chi connectivity index (χ4n) is 1.12. The number of nitro groups is 1. The van der Waals surface area contributed by atoms with E-state index in [0.29, 0.717) is 0 Å². The van der Waals surface area contributed by atoms with Crippen LogP contribution in [0.1, 0.15) is 11.6 Å². The molecule has 0 saturated carbocycles. The molecule has 0 radical (unpaired) electrons. The molecule has 1 aromatic rings. The van der Waals surface area contributed by atoms with Gasteiger partial charge in [0.05, 0.1) is 11.0 Å². The summed E-state index contributed by atoms with van der Waals surface area (Å²) in [5.74, 6) is -0.662. The molecule has 0 spiro atoms. The quantitative estimate of drug-likeness (QED) is 0.553. The molecule has 1 atom stereocenters. The lowest BCUT2D eigenvalue weighted by molar-refractivity contribution is -0.385. The van der Waals surface area contributed by atoms with Crippen LogP contribution >= 0.6 is 0 Å². The van der Waals surface area contributed by atoms with Gasteiger partial charge in [-0.3, -0.25) is 10.1 Å². The molecule has 4 N–H and O–H groups in total. The van der Waals surface area contributed by atoms with E-state index in [0.717, 1.165) is 12.1 Å². The Labute approximate surface area is 79.7 Å². The van der Waals surface area contributed by atoms with Crippen molar-refractivity contribution in [1.82, 2.24) is 0 Å². The fourth-order valence-corrected chi connectivity index (χ4v) is 1.12. The van der Waals surface area contributed by atoms with Crippen molar-refractivity contribution in [3.05, 3.63) is 39.7 Å². The Hall–Kier alpha value is -1.53. The summed E-state index contributed by atoms with van der Waals surface area (Å²) in [6, 6.07) is 2.60. The van der Waals surface area contributed by atoms with Crippen molar-refractivity contribution in [1.29, 1.82) is 0 Å². The number of hydrogen-bond donors (Lipinski definition) is 2. The lowest BCUT2D eigenvalue weighted by atomic mass is 10.1. The summed E-state index contributed by atoms with van der Waals surface area (Å²) >= 11 is 0. The monoisotopic (exact) mass is 199 g/mol. The van der Waals surface area contributed by atoms with Gasteiger partial charge in [0.25, 0.3) is 5.69 Å². The van der Waals surface area contributed by atoms with Gasteiger partial charge in [0.15, 0.2) is 0 Å². The predicted octanol–water partition coefficient (Wildman–Crippen LogP) is 0.692. The smallest absolute Gasteiger partial charge is 0.277 e. The molecule has 1 aromatic carbocycles. The van der Waals surface area contributed by atoms with E-state index in [1.54, 1.807) is 0 Å². The van der Waals surface area contributed by atoms with Crippen molar-refractivity contribution >= 4 is 5.69 Å². The molecule has 1 rings (SSSR count). The molecular formula is C8H10FN3O2. The second-order valence-corrected chi connectivity index (χ2v) is 2.80. The lowest BCUT2D eigenvalue weighted by Crippen LogP contribution is -2.21. The maximum Gasteiger partial charge on any atom is 0.277 e. The number of nitrogens with two attached hydrogens (primary N) is 2. The van der Waals surface area contributed by atoms with Crippen LogP contribution in [0.25, 0.3) is 0 Å². The third-order valence-corrected chi connectivity index (χ3v) is 1.84. The molecular weight excluding hydrogens is 189 g/mol. The summed E-state index contributed by atoms with van der Waals surface area (Å²) in [6.07, 6.45) is 0. The molecule has 0 aromatic heterocycles. The number of halogens is 1. The normalized spacial score (nSPS) is 12.5. The molecule has 0 amide bonds. The number of benzene rings is 1. The van der Waals surface area contributed by atoms with E-state index in [2.05, 4.69) is 0 Å². The van der Waals surface area contributed by atoms with Crippen LogP contribution in [0.4, 0.5) is 10.1 Å². The Balaban J connectivity index is 3.21. The van der Waals surface area contributed by atoms with Gasteiger partial charge in [0.2, 0.25) is 0 Å². The summed E-state index contributed by atoms with van der Waals surface area (Å²) in [5, 5.41) is 10.5. The highest BCUT2D eigenvalue weighted by molar-refractivity contribution is 5.42. The van der Waals surface area contributed by atoms with Crippen LogP contribution in [0.3, 0.4) is 0 Å². The van der Waals surface area contributed by atoms with E-state index < -0.39 is 16.8 Å². The molecule has 0 unspecified atom stereocenters. The highest BCUT2D eigenvalue weighted by atomic mass is 19.1. The van der Waals surface area contributed by atoms with Gasteiger partial charge < -0.3 is 11.5 Å². The number of rotatable bonds is 3. The summed E-state index contributed by atoms with van der Waals surface area (Å²) in [7, 11) is 0. The van der Waals surface area contributed by atoms with Crippen LogP contribution in [0.15, 0.2) is 18.2 Å². The van der Waals surface area contributed by atoms with Gasteiger partial charge in [-0.1, -0.05) is 0 Å². The Morgan fingerprint density at radius 2 is 2.21 bits per heavy atom. The first-order valence-corrected chi connectivity index (χ1v) is 3.95. The molecule has 5 nitrogen and oxygen atoms in total. The van der Waals surface area contributed by atoms with Gasteiger partial charge in [-0.25, -0.2) is 4.39 Å². The van der Waals surface area contributed by atoms with E-state index in [4.69, 9.17) is 11.5 Å². The Kier molecular flexibility index (Phi) is 3.10. The number of nitrogens with zero attached hydrogens (tertiary/aromatic N) is 1. The Bertz CT molecular complexity index is 356. The number of nitro benzene ring substituents is 1. The molecule has 0 heterocycles. The largest absolute Gasteiger partial charge is 0.329 e. The second kappa shape index (κ2) is 4.12. The van der Waals surface area contributed by atoms with Gasteiger partial charge in [-0.2, -0.15) is 0 Å². The Morgan fingerprint density at radius 3 is 2.71 bits per heavy atom. The molecule has 0 bridgehead atoms. The standard InChI is InChI=1S/C8H10FN3O2/c9-5-1-2-6(7(11)4-10)8(3-5)12(13)14/h1-3,7H,4,10-11H2/t7-/m1/s1. The van der Waals surface area contributed by atoms with Crippen LogP contribution < -0.4 is 11.5 Å². The topological polar surface area (TPSA) is 95.2 Å². The van der Waals surface area contributed by atoms with Gasteiger partial charge in [0.1, 0.15) is 5.82 Å². The van der Waals surface area contributed by atoms with Crippen LogP contribution in [-0.4, -0.2) is 11.5 Å². The predicted molar refractivity (Wildman–Crippen MR) is 49.0 cm³/mol. The molecule has 0 fully saturated rings. The maximum atomic E-state index is 12.7. The Morgan fingerprint density at radius 1 is 1.57 bits per heavy atom. The maximum absolute atomic E-state index is 12.7. The SMILES string of the molecule is NC[C@@H](N)c1ccc(F)cc1[N+](=O)[O-]. The van der Waals surface area contributed by atoms with E-state index in [-0.39, 0.29) is 17.8 Å². The van der Waals surface area contributed by atoms with Gasteiger partial charge >= 0.3 is 0 Å². The summed E-state index contributed by atoms with van der Waals surface area (Å²) < 4.78 is 12.7. The van der Waals surface area contributed by atoms with Crippen molar-refractivity contribution in [3.63, 3.8) is 0 Å². The average Bonchev–Trinajstić information content (AvgIpc) is 2.16. The summed E-state index contributed by atoms with van der Waals surface area (Å²) in [6.45, 7) is 0.0759. The highest BCUT2D eigenvalue weighted by Gasteiger charge is 2.18. The zero-order valence-electron chi connectivity index (χ0n) is 7.31.